The Hall–Kier alpha value is -1.50. The Morgan fingerprint density at radius 3 is 0.826 bits per heavy atom. The van der Waals surface area contributed by atoms with Crippen LogP contribution in [-0.2, 0) is 39.0 Å². The van der Waals surface area contributed by atoms with Crippen molar-refractivity contribution in [1.29, 1.82) is 0 Å². The maximum absolute atomic E-state index is 12.8. The minimum Gasteiger partial charge on any atom is -1.00 e. The van der Waals surface area contributed by atoms with E-state index in [-0.39, 0.29) is 62.1 Å². The van der Waals surface area contributed by atoms with Gasteiger partial charge in [0.05, 0.1) is 0 Å². The molecule has 12 heteroatoms. The Kier molecular flexibility index (Phi) is 61.4. The van der Waals surface area contributed by atoms with Crippen molar-refractivity contribution in [1.82, 2.24) is 0 Å². The first-order valence-corrected chi connectivity index (χ1v) is 29.6. The van der Waals surface area contributed by atoms with Gasteiger partial charge in [-0.15, -0.1) is 0 Å². The summed E-state index contributed by atoms with van der Waals surface area (Å²) in [7, 11) is -4.67. The van der Waals surface area contributed by atoms with Crippen LogP contribution in [0.25, 0.3) is 0 Å². The summed E-state index contributed by atoms with van der Waals surface area (Å²) < 4.78 is 48.4. The zero-order valence-electron chi connectivity index (χ0n) is 46.2. The number of allylic oxidation sites excluding steroid dienone is 6. The Morgan fingerprint density at radius 2 is 0.580 bits per heavy atom. The van der Waals surface area contributed by atoms with Gasteiger partial charge in [0.15, 0.2) is 6.10 Å². The fourth-order valence-electron chi connectivity index (χ4n) is 7.90. The second-order valence-corrected chi connectivity index (χ2v) is 19.8. The van der Waals surface area contributed by atoms with Gasteiger partial charge in [0.25, 0.3) is 0 Å². The van der Waals surface area contributed by atoms with E-state index in [1.807, 2.05) is 0 Å². The number of hydrogen-bond donors (Lipinski definition) is 2. The largest absolute Gasteiger partial charge is 1.00 e. The molecule has 0 aromatic rings. The van der Waals surface area contributed by atoms with E-state index in [1.54, 1.807) is 0 Å². The molecule has 0 radical (unpaired) electrons. The molecule has 10 nitrogen and oxygen atoms in total. The maximum Gasteiger partial charge on any atom is 1.00 e. The van der Waals surface area contributed by atoms with Gasteiger partial charge in [-0.05, 0) is 96.3 Å². The molecule has 0 heterocycles. The summed E-state index contributed by atoms with van der Waals surface area (Å²) in [5, 5.41) is 0. The van der Waals surface area contributed by atoms with Gasteiger partial charge in [-0.1, -0.05) is 211 Å². The quantitative estimate of drug-likeness (QED) is 0.0150. The second kappa shape index (κ2) is 59.1. The molecule has 0 fully saturated rings. The molecule has 0 saturated heterocycles. The van der Waals surface area contributed by atoms with Crippen molar-refractivity contribution < 1.29 is 77.1 Å². The summed E-state index contributed by atoms with van der Waals surface area (Å²) in [5.74, 6) is -0.893. The second-order valence-electron chi connectivity index (χ2n) is 18.9. The van der Waals surface area contributed by atoms with Crippen LogP contribution < -0.4 is 29.6 Å². The minimum absolute atomic E-state index is 0. The molecule has 0 atom stereocenters. The number of esters is 3. The first kappa shape index (κ1) is 71.8. The smallest absolute Gasteiger partial charge is 1.00 e. The third kappa shape index (κ3) is 68.6. The Balaban J connectivity index is -0.00000294. The number of unbranched alkanes of at least 4 members (excludes halogenated alkanes) is 33. The molecule has 0 rings (SSSR count). The van der Waals surface area contributed by atoms with Crippen LogP contribution in [0.4, 0.5) is 0 Å². The van der Waals surface area contributed by atoms with Gasteiger partial charge >= 0.3 is 57.9 Å². The van der Waals surface area contributed by atoms with Crippen molar-refractivity contribution in [2.45, 2.75) is 297 Å². The average Bonchev–Trinajstić information content (AvgIpc) is 3.30. The topological polar surface area (TPSA) is 153 Å². The molecular weight excluding hydrogens is 900 g/mol. The molecule has 69 heavy (non-hydrogen) atoms. The average molecular weight is 1010 g/mol. The number of hydrogen-bond acceptors (Lipinski definition) is 8. The van der Waals surface area contributed by atoms with Gasteiger partial charge in [0.1, 0.15) is 13.2 Å². The molecule has 0 unspecified atom stereocenters. The van der Waals surface area contributed by atoms with E-state index in [4.69, 9.17) is 31.7 Å². The normalized spacial score (nSPS) is 11.6. The van der Waals surface area contributed by atoms with E-state index in [2.05, 4.69) is 57.2 Å². The molecule has 2 N–H and O–H groups in total. The van der Waals surface area contributed by atoms with Gasteiger partial charge in [-0.25, -0.2) is 0 Å². The molecule has 402 valence electrons. The van der Waals surface area contributed by atoms with Gasteiger partial charge < -0.3 is 15.6 Å². The SMILES string of the molecule is CCCCCCCC/C=C/CCCCCCCC(=O)OCC(COC(=O)CCCCCCC/C=C/CCCCCCCC)OC(=O)CCCCCCC/C=C/CCCCCCCC.O=S(=O)(O)O.[H-].[Na+]. The third-order valence-corrected chi connectivity index (χ3v) is 12.1. The van der Waals surface area contributed by atoms with Gasteiger partial charge in [-0.3, -0.25) is 23.5 Å². The minimum atomic E-state index is -4.67. The van der Waals surface area contributed by atoms with Crippen LogP contribution in [0.5, 0.6) is 0 Å². The molecule has 0 aliphatic heterocycles. The van der Waals surface area contributed by atoms with Gasteiger partial charge in [0, 0.05) is 19.3 Å². The summed E-state index contributed by atoms with van der Waals surface area (Å²) in [6, 6.07) is 0. The van der Waals surface area contributed by atoms with Crippen molar-refractivity contribution in [2.24, 2.45) is 0 Å². The van der Waals surface area contributed by atoms with E-state index < -0.39 is 16.5 Å². The zero-order valence-corrected chi connectivity index (χ0v) is 48.0. The molecule has 0 bridgehead atoms. The Bertz CT molecular complexity index is 1250. The van der Waals surface area contributed by atoms with Crippen molar-refractivity contribution in [3.05, 3.63) is 36.5 Å². The molecular formula is C57H107NaO10S. The van der Waals surface area contributed by atoms with Crippen molar-refractivity contribution >= 4 is 28.3 Å². The standard InChI is InChI=1S/C57H104O6.Na.H2O4S.H/c1-4-7-10-13-16-19-22-25-28-31-34-37-40-43-46-49-55(58)61-52-54(63-57(60)51-48-45-42-39-36-33-30-27-24-21-18-15-12-9-6-3)53-62-56(59)50-47-44-41-38-35-32-29-26-23-20-17-14-11-8-5-2;;1-5(2,3)4;/h25-30,54H,4-24,31-53H2,1-3H3;;(H2,1,2,3,4);/q;+1;;-1/b28-25+,29-26+,30-27+;;;. The number of carbonyl (C=O) groups is 3. The monoisotopic (exact) mass is 1010 g/mol. The summed E-state index contributed by atoms with van der Waals surface area (Å²) in [5.41, 5.74) is 0. The predicted octanol–water partition coefficient (Wildman–Crippen LogP) is 14.6. The van der Waals surface area contributed by atoms with Crippen molar-refractivity contribution in [3.8, 4) is 0 Å². The molecule has 0 aromatic carbocycles. The Labute approximate surface area is 448 Å². The van der Waals surface area contributed by atoms with E-state index >= 15 is 0 Å². The first-order chi connectivity index (χ1) is 33.0. The van der Waals surface area contributed by atoms with Crippen LogP contribution >= 0.6 is 0 Å². The molecule has 0 aliphatic carbocycles. The van der Waals surface area contributed by atoms with Crippen LogP contribution in [0, 0.1) is 0 Å². The molecule has 0 amide bonds. The number of carbonyl (C=O) groups excluding carboxylic acids is 3. The van der Waals surface area contributed by atoms with Crippen molar-refractivity contribution in [2.75, 3.05) is 13.2 Å². The zero-order chi connectivity index (χ0) is 50.3. The fourth-order valence-corrected chi connectivity index (χ4v) is 7.90. The molecule has 0 saturated carbocycles. The first-order valence-electron chi connectivity index (χ1n) is 28.2. The third-order valence-electron chi connectivity index (χ3n) is 12.1. The molecule has 0 aliphatic rings. The van der Waals surface area contributed by atoms with E-state index in [1.165, 1.54) is 173 Å². The van der Waals surface area contributed by atoms with E-state index in [0.717, 1.165) is 77.0 Å². The fraction of sp³-hybridized carbons (Fsp3) is 0.842. The van der Waals surface area contributed by atoms with E-state index in [9.17, 15) is 14.4 Å². The van der Waals surface area contributed by atoms with Crippen molar-refractivity contribution in [3.63, 3.8) is 0 Å². The predicted molar refractivity (Wildman–Crippen MR) is 285 cm³/mol. The maximum atomic E-state index is 12.8. The number of ether oxygens (including phenoxy) is 3. The van der Waals surface area contributed by atoms with Gasteiger partial charge in [0.2, 0.25) is 0 Å². The Morgan fingerprint density at radius 1 is 0.377 bits per heavy atom. The summed E-state index contributed by atoms with van der Waals surface area (Å²) >= 11 is 0. The molecule has 0 aromatic heterocycles. The summed E-state index contributed by atoms with van der Waals surface area (Å²) in [6.45, 7) is 6.63. The van der Waals surface area contributed by atoms with Crippen LogP contribution in [0.15, 0.2) is 36.5 Å². The van der Waals surface area contributed by atoms with Crippen LogP contribution in [-0.4, -0.2) is 54.7 Å². The summed E-state index contributed by atoms with van der Waals surface area (Å²) in [4.78, 5) is 38.0. The van der Waals surface area contributed by atoms with Crippen LogP contribution in [0.3, 0.4) is 0 Å². The molecule has 0 spiro atoms. The van der Waals surface area contributed by atoms with Gasteiger partial charge in [-0.2, -0.15) is 8.42 Å². The summed E-state index contributed by atoms with van der Waals surface area (Å²) in [6.07, 6.45) is 61.2. The van der Waals surface area contributed by atoms with E-state index in [0.29, 0.717) is 19.3 Å². The van der Waals surface area contributed by atoms with Crippen LogP contribution in [0.1, 0.15) is 292 Å². The number of rotatable bonds is 50. The van der Waals surface area contributed by atoms with Crippen LogP contribution in [0.2, 0.25) is 0 Å².